The Bertz CT molecular complexity index is 569. The SMILES string of the molecule is CCNCc1ccc(SCc2ccccc2Cl)cc1C. The van der Waals surface area contributed by atoms with Crippen molar-refractivity contribution in [2.75, 3.05) is 6.54 Å². The third-order valence-corrected chi connectivity index (χ3v) is 4.64. The summed E-state index contributed by atoms with van der Waals surface area (Å²) in [4.78, 5) is 1.29. The third-order valence-electron chi connectivity index (χ3n) is 3.23. The molecule has 0 unspecified atom stereocenters. The molecule has 0 aliphatic heterocycles. The van der Waals surface area contributed by atoms with Crippen LogP contribution in [0.25, 0.3) is 0 Å². The Morgan fingerprint density at radius 2 is 1.90 bits per heavy atom. The van der Waals surface area contributed by atoms with Gasteiger partial charge in [0.1, 0.15) is 0 Å². The summed E-state index contributed by atoms with van der Waals surface area (Å²) in [5.74, 6) is 0.908. The molecule has 0 amide bonds. The molecule has 0 saturated carbocycles. The van der Waals surface area contributed by atoms with E-state index in [-0.39, 0.29) is 0 Å². The Balaban J connectivity index is 2.00. The van der Waals surface area contributed by atoms with Crippen molar-refractivity contribution in [1.82, 2.24) is 5.32 Å². The van der Waals surface area contributed by atoms with Gasteiger partial charge in [0.25, 0.3) is 0 Å². The zero-order chi connectivity index (χ0) is 14.4. The van der Waals surface area contributed by atoms with Gasteiger partial charge in [0.2, 0.25) is 0 Å². The maximum absolute atomic E-state index is 6.18. The molecule has 0 atom stereocenters. The van der Waals surface area contributed by atoms with Crippen molar-refractivity contribution in [3.63, 3.8) is 0 Å². The van der Waals surface area contributed by atoms with Gasteiger partial charge in [-0.15, -0.1) is 11.8 Å². The highest BCUT2D eigenvalue weighted by Crippen LogP contribution is 2.27. The molecule has 20 heavy (non-hydrogen) atoms. The van der Waals surface area contributed by atoms with E-state index in [4.69, 9.17) is 11.6 Å². The average molecular weight is 306 g/mol. The zero-order valence-corrected chi connectivity index (χ0v) is 13.5. The molecular formula is C17H20ClNS. The van der Waals surface area contributed by atoms with Crippen molar-refractivity contribution in [2.45, 2.75) is 31.0 Å². The number of nitrogens with one attached hydrogen (secondary N) is 1. The van der Waals surface area contributed by atoms with Crippen LogP contribution in [0, 0.1) is 6.92 Å². The van der Waals surface area contributed by atoms with Crippen molar-refractivity contribution in [3.05, 3.63) is 64.2 Å². The van der Waals surface area contributed by atoms with E-state index in [2.05, 4.69) is 43.4 Å². The van der Waals surface area contributed by atoms with Crippen LogP contribution < -0.4 is 5.32 Å². The molecule has 0 aliphatic carbocycles. The summed E-state index contributed by atoms with van der Waals surface area (Å²) in [6.07, 6.45) is 0. The molecule has 106 valence electrons. The molecule has 0 aliphatic rings. The van der Waals surface area contributed by atoms with Crippen LogP contribution in [0.2, 0.25) is 5.02 Å². The highest BCUT2D eigenvalue weighted by molar-refractivity contribution is 7.98. The molecule has 0 bridgehead atoms. The second kappa shape index (κ2) is 7.72. The topological polar surface area (TPSA) is 12.0 Å². The first-order valence-electron chi connectivity index (χ1n) is 6.87. The molecule has 2 rings (SSSR count). The first-order chi connectivity index (χ1) is 9.70. The molecule has 1 nitrogen and oxygen atoms in total. The maximum Gasteiger partial charge on any atom is 0.0446 e. The van der Waals surface area contributed by atoms with E-state index in [0.29, 0.717) is 0 Å². The molecule has 0 saturated heterocycles. The number of halogens is 1. The molecule has 3 heteroatoms. The Labute approximate surface area is 130 Å². The van der Waals surface area contributed by atoms with Gasteiger partial charge in [-0.25, -0.2) is 0 Å². The third kappa shape index (κ3) is 4.27. The van der Waals surface area contributed by atoms with Gasteiger partial charge >= 0.3 is 0 Å². The van der Waals surface area contributed by atoms with Crippen LogP contribution in [0.3, 0.4) is 0 Å². The number of aryl methyl sites for hydroxylation is 1. The van der Waals surface area contributed by atoms with E-state index in [0.717, 1.165) is 23.9 Å². The fraction of sp³-hybridized carbons (Fsp3) is 0.294. The molecule has 0 spiro atoms. The minimum Gasteiger partial charge on any atom is -0.313 e. The summed E-state index contributed by atoms with van der Waals surface area (Å²) in [6.45, 7) is 6.25. The second-order valence-corrected chi connectivity index (χ2v) is 6.20. The van der Waals surface area contributed by atoms with Gasteiger partial charge in [0, 0.05) is 22.2 Å². The summed E-state index contributed by atoms with van der Waals surface area (Å²) in [6, 6.07) is 14.7. The Kier molecular flexibility index (Phi) is 5.96. The van der Waals surface area contributed by atoms with Gasteiger partial charge in [0.05, 0.1) is 0 Å². The summed E-state index contributed by atoms with van der Waals surface area (Å²) in [5.41, 5.74) is 3.90. The van der Waals surface area contributed by atoms with Gasteiger partial charge in [-0.05, 0) is 48.4 Å². The van der Waals surface area contributed by atoms with Crippen LogP contribution in [0.15, 0.2) is 47.4 Å². The smallest absolute Gasteiger partial charge is 0.0446 e. The summed E-state index contributed by atoms with van der Waals surface area (Å²) in [5, 5.41) is 4.21. The van der Waals surface area contributed by atoms with Gasteiger partial charge in [-0.1, -0.05) is 42.8 Å². The standard InChI is InChI=1S/C17H20ClNS/c1-3-19-11-14-8-9-16(10-13(14)2)20-12-15-6-4-5-7-17(15)18/h4-10,19H,3,11-12H2,1-2H3. The van der Waals surface area contributed by atoms with Crippen molar-refractivity contribution >= 4 is 23.4 Å². The van der Waals surface area contributed by atoms with Gasteiger partial charge in [-0.3, -0.25) is 0 Å². The fourth-order valence-electron chi connectivity index (χ4n) is 1.99. The number of benzene rings is 2. The molecule has 2 aromatic carbocycles. The second-order valence-electron chi connectivity index (χ2n) is 4.75. The molecule has 0 radical (unpaired) electrons. The molecule has 0 fully saturated rings. The van der Waals surface area contributed by atoms with Crippen LogP contribution in [-0.4, -0.2) is 6.54 Å². The molecule has 0 heterocycles. The molecule has 2 aromatic rings. The van der Waals surface area contributed by atoms with E-state index in [9.17, 15) is 0 Å². The highest BCUT2D eigenvalue weighted by Gasteiger charge is 2.03. The number of rotatable bonds is 6. The highest BCUT2D eigenvalue weighted by atomic mass is 35.5. The Hall–Kier alpha value is -0.960. The lowest BCUT2D eigenvalue weighted by atomic mass is 10.1. The predicted octanol–water partition coefficient (Wildman–Crippen LogP) is 5.05. The van der Waals surface area contributed by atoms with E-state index >= 15 is 0 Å². The zero-order valence-electron chi connectivity index (χ0n) is 11.9. The van der Waals surface area contributed by atoms with Crippen LogP contribution in [0.4, 0.5) is 0 Å². The van der Waals surface area contributed by atoms with Crippen LogP contribution in [0.5, 0.6) is 0 Å². The fourth-order valence-corrected chi connectivity index (χ4v) is 3.27. The van der Waals surface area contributed by atoms with E-state index in [1.807, 2.05) is 30.0 Å². The summed E-state index contributed by atoms with van der Waals surface area (Å²) in [7, 11) is 0. The first-order valence-corrected chi connectivity index (χ1v) is 8.23. The minimum atomic E-state index is 0.848. The molecule has 1 N–H and O–H groups in total. The number of thioether (sulfide) groups is 1. The normalized spacial score (nSPS) is 10.8. The average Bonchev–Trinajstić information content (AvgIpc) is 2.45. The van der Waals surface area contributed by atoms with E-state index in [1.54, 1.807) is 0 Å². The quantitative estimate of drug-likeness (QED) is 0.749. The predicted molar refractivity (Wildman–Crippen MR) is 89.6 cm³/mol. The molecular weight excluding hydrogens is 286 g/mol. The van der Waals surface area contributed by atoms with Crippen LogP contribution >= 0.6 is 23.4 Å². The van der Waals surface area contributed by atoms with E-state index < -0.39 is 0 Å². The Morgan fingerprint density at radius 1 is 1.10 bits per heavy atom. The lowest BCUT2D eigenvalue weighted by molar-refractivity contribution is 0.723. The first kappa shape index (κ1) is 15.4. The lowest BCUT2D eigenvalue weighted by Crippen LogP contribution is -2.12. The van der Waals surface area contributed by atoms with Crippen molar-refractivity contribution in [1.29, 1.82) is 0 Å². The number of hydrogen-bond acceptors (Lipinski definition) is 2. The van der Waals surface area contributed by atoms with Crippen molar-refractivity contribution < 1.29 is 0 Å². The minimum absolute atomic E-state index is 0.848. The Morgan fingerprint density at radius 3 is 2.60 bits per heavy atom. The lowest BCUT2D eigenvalue weighted by Gasteiger charge is -2.09. The van der Waals surface area contributed by atoms with E-state index in [1.165, 1.54) is 21.6 Å². The van der Waals surface area contributed by atoms with Gasteiger partial charge in [0.15, 0.2) is 0 Å². The number of hydrogen-bond donors (Lipinski definition) is 1. The van der Waals surface area contributed by atoms with Crippen LogP contribution in [-0.2, 0) is 12.3 Å². The monoisotopic (exact) mass is 305 g/mol. The van der Waals surface area contributed by atoms with Crippen molar-refractivity contribution in [2.24, 2.45) is 0 Å². The largest absolute Gasteiger partial charge is 0.313 e. The summed E-state index contributed by atoms with van der Waals surface area (Å²) < 4.78 is 0. The van der Waals surface area contributed by atoms with Gasteiger partial charge in [-0.2, -0.15) is 0 Å². The molecule has 0 aromatic heterocycles. The summed E-state index contributed by atoms with van der Waals surface area (Å²) >= 11 is 8.01. The van der Waals surface area contributed by atoms with Gasteiger partial charge < -0.3 is 5.32 Å². The van der Waals surface area contributed by atoms with Crippen molar-refractivity contribution in [3.8, 4) is 0 Å². The van der Waals surface area contributed by atoms with Crippen LogP contribution in [0.1, 0.15) is 23.6 Å². The maximum atomic E-state index is 6.18.